The molecule has 2 atom stereocenters. The molecule has 3 rings (SSSR count). The number of methoxy groups -OCH3 is 1. The Hall–Kier alpha value is -2.20. The lowest BCUT2D eigenvalue weighted by Crippen LogP contribution is -2.44. The minimum absolute atomic E-state index is 0.000457. The second-order valence-electron chi connectivity index (χ2n) is 5.77. The van der Waals surface area contributed by atoms with Crippen LogP contribution in [0.25, 0.3) is 10.8 Å². The highest BCUT2D eigenvalue weighted by Crippen LogP contribution is 2.34. The number of hydrogen-bond donors (Lipinski definition) is 0. The summed E-state index contributed by atoms with van der Waals surface area (Å²) >= 11 is 0. The number of ketones is 1. The molecular formula is C18H19NO3. The molecule has 2 unspecified atom stereocenters. The average Bonchev–Trinajstić information content (AvgIpc) is 2.55. The number of esters is 1. The van der Waals surface area contributed by atoms with Crippen molar-refractivity contribution in [1.29, 1.82) is 0 Å². The summed E-state index contributed by atoms with van der Waals surface area (Å²) in [5.74, 6) is -1.14. The molecule has 4 nitrogen and oxygen atoms in total. The van der Waals surface area contributed by atoms with Gasteiger partial charge in [0.15, 0.2) is 0 Å². The lowest BCUT2D eigenvalue weighted by molar-refractivity contribution is -0.152. The van der Waals surface area contributed by atoms with E-state index < -0.39 is 11.9 Å². The first-order valence-electron chi connectivity index (χ1n) is 7.40. The van der Waals surface area contributed by atoms with Gasteiger partial charge in [0.2, 0.25) is 0 Å². The van der Waals surface area contributed by atoms with E-state index in [0.29, 0.717) is 13.0 Å². The Labute approximate surface area is 129 Å². The first-order valence-corrected chi connectivity index (χ1v) is 7.40. The van der Waals surface area contributed by atoms with E-state index in [1.807, 2.05) is 25.2 Å². The SMILES string of the molecule is COC(=O)C1CN(C)C(c2cccc3ccccc23)CC1=O. The maximum Gasteiger partial charge on any atom is 0.317 e. The van der Waals surface area contributed by atoms with Gasteiger partial charge in [0.05, 0.1) is 7.11 Å². The predicted octanol–water partition coefficient (Wildman–Crippen LogP) is 2.57. The van der Waals surface area contributed by atoms with Crippen LogP contribution in [0.2, 0.25) is 0 Å². The van der Waals surface area contributed by atoms with Crippen LogP contribution in [0.4, 0.5) is 0 Å². The zero-order valence-electron chi connectivity index (χ0n) is 12.8. The van der Waals surface area contributed by atoms with Crippen LogP contribution in [0, 0.1) is 5.92 Å². The zero-order chi connectivity index (χ0) is 15.7. The average molecular weight is 297 g/mol. The topological polar surface area (TPSA) is 46.6 Å². The van der Waals surface area contributed by atoms with E-state index in [0.717, 1.165) is 16.3 Å². The van der Waals surface area contributed by atoms with Crippen molar-refractivity contribution in [3.05, 3.63) is 48.0 Å². The molecule has 1 saturated heterocycles. The number of carbonyl (C=O) groups is 2. The molecule has 1 heterocycles. The van der Waals surface area contributed by atoms with Gasteiger partial charge < -0.3 is 4.74 Å². The van der Waals surface area contributed by atoms with Crippen LogP contribution in [0.3, 0.4) is 0 Å². The third kappa shape index (κ3) is 2.50. The van der Waals surface area contributed by atoms with Crippen molar-refractivity contribution in [3.63, 3.8) is 0 Å². The van der Waals surface area contributed by atoms with Crippen molar-refractivity contribution in [2.24, 2.45) is 5.92 Å². The Morgan fingerprint density at radius 3 is 2.68 bits per heavy atom. The van der Waals surface area contributed by atoms with Gasteiger partial charge in [0, 0.05) is 19.0 Å². The number of ether oxygens (including phenoxy) is 1. The zero-order valence-corrected chi connectivity index (χ0v) is 12.8. The second kappa shape index (κ2) is 5.89. The number of likely N-dealkylation sites (tertiary alicyclic amines) is 1. The normalized spacial score (nSPS) is 22.7. The van der Waals surface area contributed by atoms with Crippen molar-refractivity contribution >= 4 is 22.5 Å². The summed E-state index contributed by atoms with van der Waals surface area (Å²) in [7, 11) is 3.28. The minimum Gasteiger partial charge on any atom is -0.468 e. The molecular weight excluding hydrogens is 278 g/mol. The third-order valence-electron chi connectivity index (χ3n) is 4.45. The van der Waals surface area contributed by atoms with Gasteiger partial charge in [-0.05, 0) is 23.4 Å². The molecule has 0 radical (unpaired) electrons. The van der Waals surface area contributed by atoms with Crippen LogP contribution in [0.5, 0.6) is 0 Å². The molecule has 22 heavy (non-hydrogen) atoms. The van der Waals surface area contributed by atoms with E-state index in [4.69, 9.17) is 4.74 Å². The third-order valence-corrected chi connectivity index (χ3v) is 4.45. The van der Waals surface area contributed by atoms with Crippen LogP contribution in [0.1, 0.15) is 18.0 Å². The Kier molecular flexibility index (Phi) is 3.94. The number of fused-ring (bicyclic) bond motifs is 1. The monoisotopic (exact) mass is 297 g/mol. The molecule has 0 amide bonds. The van der Waals surface area contributed by atoms with Gasteiger partial charge in [-0.3, -0.25) is 14.5 Å². The Morgan fingerprint density at radius 1 is 1.18 bits per heavy atom. The summed E-state index contributed by atoms with van der Waals surface area (Å²) in [5, 5.41) is 2.32. The quantitative estimate of drug-likeness (QED) is 0.631. The fourth-order valence-electron chi connectivity index (χ4n) is 3.24. The summed E-state index contributed by atoms with van der Waals surface area (Å²) in [5.41, 5.74) is 1.14. The number of rotatable bonds is 2. The maximum absolute atomic E-state index is 12.3. The molecule has 1 aliphatic rings. The summed E-state index contributed by atoms with van der Waals surface area (Å²) < 4.78 is 4.73. The van der Waals surface area contributed by atoms with Crippen LogP contribution in [-0.2, 0) is 14.3 Å². The van der Waals surface area contributed by atoms with E-state index >= 15 is 0 Å². The van der Waals surface area contributed by atoms with Crippen LogP contribution >= 0.6 is 0 Å². The number of carbonyl (C=O) groups excluding carboxylic acids is 2. The first kappa shape index (κ1) is 14.7. The molecule has 0 N–H and O–H groups in total. The molecule has 2 aromatic carbocycles. The molecule has 0 spiro atoms. The largest absolute Gasteiger partial charge is 0.468 e. The van der Waals surface area contributed by atoms with E-state index in [-0.39, 0.29) is 11.8 Å². The predicted molar refractivity (Wildman–Crippen MR) is 84.4 cm³/mol. The number of nitrogens with zero attached hydrogens (tertiary/aromatic N) is 1. The highest BCUT2D eigenvalue weighted by molar-refractivity contribution is 6.00. The minimum atomic E-state index is -0.666. The smallest absolute Gasteiger partial charge is 0.317 e. The molecule has 4 heteroatoms. The standard InChI is InChI=1S/C18H19NO3/c1-19-11-15(18(21)22-2)17(20)10-16(19)14-9-5-7-12-6-3-4-8-13(12)14/h3-9,15-16H,10-11H2,1-2H3. The van der Waals surface area contributed by atoms with Gasteiger partial charge >= 0.3 is 5.97 Å². The van der Waals surface area contributed by atoms with Crippen LogP contribution in [0.15, 0.2) is 42.5 Å². The van der Waals surface area contributed by atoms with Gasteiger partial charge in [0.25, 0.3) is 0 Å². The van der Waals surface area contributed by atoms with Gasteiger partial charge in [-0.1, -0.05) is 42.5 Å². The number of piperidine rings is 1. The Bertz CT molecular complexity index is 720. The molecule has 2 aromatic rings. The summed E-state index contributed by atoms with van der Waals surface area (Å²) in [6.45, 7) is 0.402. The van der Waals surface area contributed by atoms with Crippen LogP contribution in [-0.4, -0.2) is 37.4 Å². The molecule has 1 aliphatic heterocycles. The molecule has 114 valence electrons. The number of hydrogen-bond acceptors (Lipinski definition) is 4. The lowest BCUT2D eigenvalue weighted by Gasteiger charge is -2.35. The van der Waals surface area contributed by atoms with Gasteiger partial charge in [-0.15, -0.1) is 0 Å². The van der Waals surface area contributed by atoms with Gasteiger partial charge in [-0.25, -0.2) is 0 Å². The van der Waals surface area contributed by atoms with Crippen molar-refractivity contribution in [2.45, 2.75) is 12.5 Å². The van der Waals surface area contributed by atoms with Gasteiger partial charge in [-0.2, -0.15) is 0 Å². The summed E-state index contributed by atoms with van der Waals surface area (Å²) in [6.07, 6.45) is 0.338. The molecule has 0 aliphatic carbocycles. The first-order chi connectivity index (χ1) is 10.6. The fraction of sp³-hybridized carbons (Fsp3) is 0.333. The van der Waals surface area contributed by atoms with E-state index in [9.17, 15) is 9.59 Å². The van der Waals surface area contributed by atoms with Gasteiger partial charge in [0.1, 0.15) is 11.7 Å². The number of Topliss-reactive ketones (excluding diaryl/α,β-unsaturated/α-hetero) is 1. The highest BCUT2D eigenvalue weighted by Gasteiger charge is 2.38. The Morgan fingerprint density at radius 2 is 1.91 bits per heavy atom. The summed E-state index contributed by atoms with van der Waals surface area (Å²) in [4.78, 5) is 26.1. The van der Waals surface area contributed by atoms with Crippen molar-refractivity contribution in [1.82, 2.24) is 4.90 Å². The summed E-state index contributed by atoms with van der Waals surface area (Å²) in [6, 6.07) is 14.3. The fourth-order valence-corrected chi connectivity index (χ4v) is 3.24. The van der Waals surface area contributed by atoms with Crippen molar-refractivity contribution < 1.29 is 14.3 Å². The van der Waals surface area contributed by atoms with Crippen molar-refractivity contribution in [2.75, 3.05) is 20.7 Å². The van der Waals surface area contributed by atoms with Crippen LogP contribution < -0.4 is 0 Å². The maximum atomic E-state index is 12.3. The molecule has 0 bridgehead atoms. The molecule has 0 aromatic heterocycles. The highest BCUT2D eigenvalue weighted by atomic mass is 16.5. The number of benzene rings is 2. The molecule has 0 saturated carbocycles. The van der Waals surface area contributed by atoms with E-state index in [2.05, 4.69) is 29.2 Å². The molecule has 1 fully saturated rings. The second-order valence-corrected chi connectivity index (χ2v) is 5.77. The van der Waals surface area contributed by atoms with Crippen molar-refractivity contribution in [3.8, 4) is 0 Å². The lowest BCUT2D eigenvalue weighted by atomic mass is 9.86. The van der Waals surface area contributed by atoms with E-state index in [1.54, 1.807) is 0 Å². The Balaban J connectivity index is 1.95. The van der Waals surface area contributed by atoms with E-state index in [1.165, 1.54) is 7.11 Å².